The predicted octanol–water partition coefficient (Wildman–Crippen LogP) is 2.89. The first-order chi connectivity index (χ1) is 10.1. The van der Waals surface area contributed by atoms with Gasteiger partial charge in [-0.1, -0.05) is 35.9 Å². The van der Waals surface area contributed by atoms with E-state index >= 15 is 0 Å². The highest BCUT2D eigenvalue weighted by Gasteiger charge is 2.45. The molecule has 1 aliphatic rings. The van der Waals surface area contributed by atoms with E-state index < -0.39 is 6.04 Å². The number of hydrogen-bond donors (Lipinski definition) is 1. The highest BCUT2D eigenvalue weighted by molar-refractivity contribution is 6.30. The fourth-order valence-electron chi connectivity index (χ4n) is 2.59. The maximum atomic E-state index is 12.9. The van der Waals surface area contributed by atoms with Crippen LogP contribution in [0.5, 0.6) is 0 Å². The molecule has 1 amide bonds. The van der Waals surface area contributed by atoms with Crippen LogP contribution in [0.25, 0.3) is 0 Å². The number of benzene rings is 2. The summed E-state index contributed by atoms with van der Waals surface area (Å²) in [5.74, 6) is -0.390. The quantitative estimate of drug-likeness (QED) is 0.886. The zero-order valence-electron chi connectivity index (χ0n) is 11.2. The molecule has 3 rings (SSSR count). The van der Waals surface area contributed by atoms with Gasteiger partial charge in [-0.3, -0.25) is 4.79 Å². The number of amides is 1. The van der Waals surface area contributed by atoms with Gasteiger partial charge in [-0.25, -0.2) is 4.39 Å². The molecule has 0 aliphatic carbocycles. The van der Waals surface area contributed by atoms with E-state index in [2.05, 4.69) is 0 Å². The fraction of sp³-hybridized carbons (Fsp3) is 0.188. The maximum Gasteiger partial charge on any atom is 0.242 e. The smallest absolute Gasteiger partial charge is 0.242 e. The summed E-state index contributed by atoms with van der Waals surface area (Å²) in [5, 5.41) is 0.642. The molecular formula is C16H14ClFN2O. The Morgan fingerprint density at radius 3 is 2.33 bits per heavy atom. The third-order valence-electron chi connectivity index (χ3n) is 3.72. The van der Waals surface area contributed by atoms with Gasteiger partial charge >= 0.3 is 0 Å². The minimum Gasteiger partial charge on any atom is -0.328 e. The van der Waals surface area contributed by atoms with Crippen LogP contribution >= 0.6 is 11.6 Å². The third-order valence-corrected chi connectivity index (χ3v) is 3.97. The van der Waals surface area contributed by atoms with Crippen molar-refractivity contribution in [1.29, 1.82) is 0 Å². The SMILES string of the molecule is N[C@H]1C(=O)N(Cc2ccc(F)cc2)[C@H]1c1ccc(Cl)cc1. The molecule has 2 N–H and O–H groups in total. The van der Waals surface area contributed by atoms with E-state index in [9.17, 15) is 9.18 Å². The van der Waals surface area contributed by atoms with Crippen molar-refractivity contribution < 1.29 is 9.18 Å². The van der Waals surface area contributed by atoms with E-state index in [0.29, 0.717) is 11.6 Å². The number of nitrogens with two attached hydrogens (primary N) is 1. The minimum atomic E-state index is -0.536. The lowest BCUT2D eigenvalue weighted by molar-refractivity contribution is -0.150. The number of β-lactam (4-membered cyclic amide) rings is 1. The molecular weight excluding hydrogens is 291 g/mol. The van der Waals surface area contributed by atoms with Crippen molar-refractivity contribution >= 4 is 17.5 Å². The van der Waals surface area contributed by atoms with Crippen molar-refractivity contribution in [2.24, 2.45) is 5.73 Å². The Labute approximate surface area is 127 Å². The highest BCUT2D eigenvalue weighted by atomic mass is 35.5. The number of nitrogens with zero attached hydrogens (tertiary/aromatic N) is 1. The normalized spacial score (nSPS) is 21.3. The molecule has 2 aromatic rings. The van der Waals surface area contributed by atoms with Crippen LogP contribution in [0.4, 0.5) is 4.39 Å². The summed E-state index contributed by atoms with van der Waals surface area (Å²) in [7, 11) is 0. The van der Waals surface area contributed by atoms with E-state index in [4.69, 9.17) is 17.3 Å². The maximum absolute atomic E-state index is 12.9. The molecule has 0 saturated carbocycles. The molecule has 0 bridgehead atoms. The zero-order valence-corrected chi connectivity index (χ0v) is 11.9. The Hall–Kier alpha value is -1.91. The van der Waals surface area contributed by atoms with Gasteiger partial charge in [0.15, 0.2) is 0 Å². The molecule has 2 aromatic carbocycles. The molecule has 108 valence electrons. The van der Waals surface area contributed by atoms with Crippen molar-refractivity contribution in [2.75, 3.05) is 0 Å². The monoisotopic (exact) mass is 304 g/mol. The number of carbonyl (C=O) groups is 1. The van der Waals surface area contributed by atoms with Gasteiger partial charge in [-0.2, -0.15) is 0 Å². The van der Waals surface area contributed by atoms with Gasteiger partial charge < -0.3 is 10.6 Å². The molecule has 1 aliphatic heterocycles. The molecule has 2 atom stereocenters. The van der Waals surface area contributed by atoms with Gasteiger partial charge in [-0.05, 0) is 35.4 Å². The first-order valence-corrected chi connectivity index (χ1v) is 7.00. The van der Waals surface area contributed by atoms with E-state index in [0.717, 1.165) is 11.1 Å². The second-order valence-electron chi connectivity index (χ2n) is 5.11. The van der Waals surface area contributed by atoms with Gasteiger partial charge in [0.1, 0.15) is 11.9 Å². The zero-order chi connectivity index (χ0) is 15.0. The van der Waals surface area contributed by atoms with E-state index in [1.165, 1.54) is 12.1 Å². The van der Waals surface area contributed by atoms with Crippen LogP contribution in [0, 0.1) is 5.82 Å². The summed E-state index contributed by atoms with van der Waals surface area (Å²) in [5.41, 5.74) is 7.74. The van der Waals surface area contributed by atoms with Gasteiger partial charge in [0.05, 0.1) is 6.04 Å². The predicted molar refractivity (Wildman–Crippen MR) is 79.1 cm³/mol. The summed E-state index contributed by atoms with van der Waals surface area (Å²) in [4.78, 5) is 13.7. The van der Waals surface area contributed by atoms with Gasteiger partial charge in [0.2, 0.25) is 5.91 Å². The average molecular weight is 305 g/mol. The van der Waals surface area contributed by atoms with Crippen LogP contribution in [0.3, 0.4) is 0 Å². The van der Waals surface area contributed by atoms with E-state index in [1.54, 1.807) is 29.2 Å². The molecule has 1 fully saturated rings. The Kier molecular flexibility index (Phi) is 3.66. The van der Waals surface area contributed by atoms with Gasteiger partial charge in [-0.15, -0.1) is 0 Å². The number of hydrogen-bond acceptors (Lipinski definition) is 2. The third kappa shape index (κ3) is 2.64. The Morgan fingerprint density at radius 2 is 1.71 bits per heavy atom. The summed E-state index contributed by atoms with van der Waals surface area (Å²) in [6, 6.07) is 12.7. The van der Waals surface area contributed by atoms with Gasteiger partial charge in [0.25, 0.3) is 0 Å². The summed E-state index contributed by atoms with van der Waals surface area (Å²) < 4.78 is 12.9. The molecule has 0 spiro atoms. The lowest BCUT2D eigenvalue weighted by atomic mass is 9.88. The first kappa shape index (κ1) is 14.0. The van der Waals surface area contributed by atoms with E-state index in [1.807, 2.05) is 12.1 Å². The summed E-state index contributed by atoms with van der Waals surface area (Å²) in [6.45, 7) is 0.417. The first-order valence-electron chi connectivity index (χ1n) is 6.62. The topological polar surface area (TPSA) is 46.3 Å². The molecule has 3 nitrogen and oxygen atoms in total. The standard InChI is InChI=1S/C16H14ClFN2O/c17-12-5-3-11(4-6-12)15-14(19)16(21)20(15)9-10-1-7-13(18)8-2-10/h1-8,14-15H,9,19H2/t14-,15+/m1/s1. The van der Waals surface area contributed by atoms with Crippen LogP contribution in [-0.4, -0.2) is 16.8 Å². The molecule has 5 heteroatoms. The van der Waals surface area contributed by atoms with Crippen LogP contribution in [0.15, 0.2) is 48.5 Å². The van der Waals surface area contributed by atoms with Crippen molar-refractivity contribution in [3.05, 3.63) is 70.5 Å². The summed E-state index contributed by atoms with van der Waals surface area (Å²) >= 11 is 5.88. The largest absolute Gasteiger partial charge is 0.328 e. The molecule has 0 radical (unpaired) electrons. The van der Waals surface area contributed by atoms with Crippen molar-refractivity contribution in [3.63, 3.8) is 0 Å². The number of rotatable bonds is 3. The lowest BCUT2D eigenvalue weighted by Crippen LogP contribution is -2.62. The minimum absolute atomic E-state index is 0.0979. The fourth-order valence-corrected chi connectivity index (χ4v) is 2.71. The van der Waals surface area contributed by atoms with Gasteiger partial charge in [0, 0.05) is 11.6 Å². The molecule has 21 heavy (non-hydrogen) atoms. The lowest BCUT2D eigenvalue weighted by Gasteiger charge is -2.45. The Balaban J connectivity index is 1.81. The second-order valence-corrected chi connectivity index (χ2v) is 5.55. The number of likely N-dealkylation sites (tertiary alicyclic amines) is 1. The summed E-state index contributed by atoms with van der Waals surface area (Å²) in [6.07, 6.45) is 0. The highest BCUT2D eigenvalue weighted by Crippen LogP contribution is 2.35. The second kappa shape index (κ2) is 5.47. The molecule has 0 unspecified atom stereocenters. The Bertz CT molecular complexity index is 657. The number of carbonyl (C=O) groups excluding carboxylic acids is 1. The van der Waals surface area contributed by atoms with Crippen molar-refractivity contribution in [1.82, 2.24) is 4.90 Å². The van der Waals surface area contributed by atoms with Crippen LogP contribution < -0.4 is 5.73 Å². The molecule has 1 heterocycles. The number of halogens is 2. The van der Waals surface area contributed by atoms with Crippen LogP contribution in [-0.2, 0) is 11.3 Å². The Morgan fingerprint density at radius 1 is 1.10 bits per heavy atom. The molecule has 0 aromatic heterocycles. The molecule has 1 saturated heterocycles. The van der Waals surface area contributed by atoms with Crippen LogP contribution in [0.2, 0.25) is 5.02 Å². The average Bonchev–Trinajstić information content (AvgIpc) is 2.50. The van der Waals surface area contributed by atoms with Crippen LogP contribution in [0.1, 0.15) is 17.2 Å². The van der Waals surface area contributed by atoms with Crippen molar-refractivity contribution in [2.45, 2.75) is 18.6 Å². The van der Waals surface area contributed by atoms with E-state index in [-0.39, 0.29) is 17.8 Å². The van der Waals surface area contributed by atoms with Crippen molar-refractivity contribution in [3.8, 4) is 0 Å².